The van der Waals surface area contributed by atoms with Gasteiger partial charge in [0.1, 0.15) is 0 Å². The molecule has 0 amide bonds. The van der Waals surface area contributed by atoms with E-state index in [9.17, 15) is 9.90 Å². The smallest absolute Gasteiger partial charge is 0.336 e. The van der Waals surface area contributed by atoms with Crippen LogP contribution in [0.1, 0.15) is 29.8 Å². The van der Waals surface area contributed by atoms with Crippen molar-refractivity contribution in [1.29, 1.82) is 0 Å². The summed E-state index contributed by atoms with van der Waals surface area (Å²) in [5, 5.41) is 9.49. The van der Waals surface area contributed by atoms with Crippen molar-refractivity contribution in [2.75, 3.05) is 0 Å². The molecule has 3 aromatic carbocycles. The average molecular weight is 350 g/mol. The van der Waals surface area contributed by atoms with Gasteiger partial charge in [-0.1, -0.05) is 74.5 Å². The van der Waals surface area contributed by atoms with Crippen LogP contribution in [-0.2, 0) is 0 Å². The molecule has 0 heterocycles. The normalized spacial score (nSPS) is 9.92. The van der Waals surface area contributed by atoms with Gasteiger partial charge in [0, 0.05) is 10.5 Å². The van der Waals surface area contributed by atoms with Crippen molar-refractivity contribution < 1.29 is 9.90 Å². The second-order valence-electron chi connectivity index (χ2n) is 5.36. The van der Waals surface area contributed by atoms with Crippen LogP contribution in [-0.4, -0.2) is 11.1 Å². The first-order valence-corrected chi connectivity index (χ1v) is 8.75. The molecular formula is C22H22O2S. The first-order valence-electron chi connectivity index (χ1n) is 8.30. The quantitative estimate of drug-likeness (QED) is 0.541. The summed E-state index contributed by atoms with van der Waals surface area (Å²) in [5.74, 6) is -0.936. The maximum atomic E-state index is 11.6. The van der Waals surface area contributed by atoms with E-state index in [2.05, 4.69) is 12.6 Å². The molecule has 0 aliphatic carbocycles. The fourth-order valence-corrected chi connectivity index (χ4v) is 3.22. The zero-order valence-electron chi connectivity index (χ0n) is 14.7. The Kier molecular flexibility index (Phi) is 6.43. The molecule has 0 saturated heterocycles. The van der Waals surface area contributed by atoms with Gasteiger partial charge in [0.2, 0.25) is 0 Å². The number of aromatic carboxylic acids is 1. The molecule has 3 aromatic rings. The zero-order valence-corrected chi connectivity index (χ0v) is 15.5. The van der Waals surface area contributed by atoms with Gasteiger partial charge in [-0.2, -0.15) is 0 Å². The minimum absolute atomic E-state index is 0.286. The number of hydrogen-bond acceptors (Lipinski definition) is 2. The molecule has 0 aliphatic heterocycles. The summed E-state index contributed by atoms with van der Waals surface area (Å²) >= 11 is 4.58. The predicted molar refractivity (Wildman–Crippen MR) is 108 cm³/mol. The van der Waals surface area contributed by atoms with Gasteiger partial charge in [-0.25, -0.2) is 4.79 Å². The Morgan fingerprint density at radius 3 is 1.72 bits per heavy atom. The summed E-state index contributed by atoms with van der Waals surface area (Å²) in [5.41, 5.74) is 4.93. The van der Waals surface area contributed by atoms with Crippen molar-refractivity contribution in [2.24, 2.45) is 0 Å². The van der Waals surface area contributed by atoms with Gasteiger partial charge in [0.05, 0.1) is 5.56 Å². The lowest BCUT2D eigenvalue weighted by molar-refractivity contribution is 0.0696. The third kappa shape index (κ3) is 3.94. The van der Waals surface area contributed by atoms with Gasteiger partial charge in [-0.05, 0) is 35.2 Å². The molecule has 128 valence electrons. The van der Waals surface area contributed by atoms with E-state index in [1.54, 1.807) is 6.07 Å². The first kappa shape index (κ1) is 18.8. The van der Waals surface area contributed by atoms with Gasteiger partial charge in [-0.3, -0.25) is 0 Å². The molecule has 1 N–H and O–H groups in total. The first-order chi connectivity index (χ1) is 12.1. The van der Waals surface area contributed by atoms with Gasteiger partial charge in [0.25, 0.3) is 0 Å². The fourth-order valence-electron chi connectivity index (χ4n) is 2.85. The summed E-state index contributed by atoms with van der Waals surface area (Å²) in [7, 11) is 0. The van der Waals surface area contributed by atoms with Crippen LogP contribution in [0.4, 0.5) is 0 Å². The third-order valence-corrected chi connectivity index (χ3v) is 4.27. The Labute approximate surface area is 154 Å². The molecule has 0 bridgehead atoms. The SMILES string of the molecule is CC.Cc1c(C(=O)O)cc(S)c(-c2ccccc2)c1-c1ccccc1. The minimum atomic E-state index is -0.936. The Balaban J connectivity index is 0.00000109. The second-order valence-corrected chi connectivity index (χ2v) is 5.84. The van der Waals surface area contributed by atoms with Crippen LogP contribution in [0.5, 0.6) is 0 Å². The van der Waals surface area contributed by atoms with Crippen molar-refractivity contribution in [3.63, 3.8) is 0 Å². The van der Waals surface area contributed by atoms with Crippen molar-refractivity contribution in [3.05, 3.63) is 77.9 Å². The van der Waals surface area contributed by atoms with E-state index in [0.29, 0.717) is 4.90 Å². The van der Waals surface area contributed by atoms with E-state index in [-0.39, 0.29) is 5.56 Å². The van der Waals surface area contributed by atoms with Gasteiger partial charge in [0.15, 0.2) is 0 Å². The molecular weight excluding hydrogens is 328 g/mol. The molecule has 0 aliphatic rings. The maximum absolute atomic E-state index is 11.6. The molecule has 0 atom stereocenters. The lowest BCUT2D eigenvalue weighted by Crippen LogP contribution is -2.03. The lowest BCUT2D eigenvalue weighted by Gasteiger charge is -2.18. The van der Waals surface area contributed by atoms with Gasteiger partial charge in [-0.15, -0.1) is 12.6 Å². The molecule has 0 fully saturated rings. The topological polar surface area (TPSA) is 37.3 Å². The van der Waals surface area contributed by atoms with Crippen LogP contribution >= 0.6 is 12.6 Å². The highest BCUT2D eigenvalue weighted by atomic mass is 32.1. The van der Waals surface area contributed by atoms with Crippen molar-refractivity contribution in [1.82, 2.24) is 0 Å². The Morgan fingerprint density at radius 1 is 0.840 bits per heavy atom. The highest BCUT2D eigenvalue weighted by Crippen LogP contribution is 2.40. The summed E-state index contributed by atoms with van der Waals surface area (Å²) in [4.78, 5) is 12.2. The Morgan fingerprint density at radius 2 is 1.28 bits per heavy atom. The van der Waals surface area contributed by atoms with E-state index in [0.717, 1.165) is 27.8 Å². The largest absolute Gasteiger partial charge is 0.478 e. The molecule has 0 saturated carbocycles. The van der Waals surface area contributed by atoms with Crippen LogP contribution in [0.15, 0.2) is 71.6 Å². The van der Waals surface area contributed by atoms with E-state index in [4.69, 9.17) is 0 Å². The molecule has 3 rings (SSSR count). The molecule has 0 aromatic heterocycles. The van der Waals surface area contributed by atoms with Crippen molar-refractivity contribution >= 4 is 18.6 Å². The van der Waals surface area contributed by atoms with Crippen LogP contribution in [0, 0.1) is 6.92 Å². The summed E-state index contributed by atoms with van der Waals surface area (Å²) in [6.45, 7) is 5.85. The lowest BCUT2D eigenvalue weighted by atomic mass is 9.88. The highest BCUT2D eigenvalue weighted by Gasteiger charge is 2.19. The van der Waals surface area contributed by atoms with Gasteiger partial charge < -0.3 is 5.11 Å². The number of hydrogen-bond donors (Lipinski definition) is 2. The van der Waals surface area contributed by atoms with Crippen LogP contribution in [0.2, 0.25) is 0 Å². The van der Waals surface area contributed by atoms with Crippen molar-refractivity contribution in [2.45, 2.75) is 25.7 Å². The monoisotopic (exact) mass is 350 g/mol. The maximum Gasteiger partial charge on any atom is 0.336 e. The molecule has 2 nitrogen and oxygen atoms in total. The van der Waals surface area contributed by atoms with E-state index >= 15 is 0 Å². The van der Waals surface area contributed by atoms with Crippen LogP contribution in [0.3, 0.4) is 0 Å². The third-order valence-electron chi connectivity index (χ3n) is 3.92. The van der Waals surface area contributed by atoms with E-state index in [1.807, 2.05) is 81.4 Å². The Hall–Kier alpha value is -2.52. The standard InChI is InChI=1S/C20H16O2S.C2H6/c1-13-16(20(21)22)12-17(23)19(15-10-6-3-7-11-15)18(13)14-8-4-2-5-9-14;1-2/h2-12,23H,1H3,(H,21,22);1-2H3. The summed E-state index contributed by atoms with van der Waals surface area (Å²) in [6, 6.07) is 21.4. The van der Waals surface area contributed by atoms with E-state index < -0.39 is 5.97 Å². The predicted octanol–water partition coefficient (Wildman–Crippen LogP) is 6.34. The number of carboxylic acids is 1. The number of thiol groups is 1. The number of carboxylic acid groups (broad SMARTS) is 1. The fraction of sp³-hybridized carbons (Fsp3) is 0.136. The molecule has 25 heavy (non-hydrogen) atoms. The second kappa shape index (κ2) is 8.54. The van der Waals surface area contributed by atoms with Crippen LogP contribution in [0.25, 0.3) is 22.3 Å². The summed E-state index contributed by atoms with van der Waals surface area (Å²) < 4.78 is 0. The molecule has 0 spiro atoms. The Bertz CT molecular complexity index is 856. The number of benzene rings is 3. The number of rotatable bonds is 3. The van der Waals surface area contributed by atoms with Crippen LogP contribution < -0.4 is 0 Å². The molecule has 0 radical (unpaired) electrons. The zero-order chi connectivity index (χ0) is 18.4. The van der Waals surface area contributed by atoms with Gasteiger partial charge >= 0.3 is 5.97 Å². The van der Waals surface area contributed by atoms with E-state index in [1.165, 1.54) is 0 Å². The average Bonchev–Trinajstić information content (AvgIpc) is 2.65. The minimum Gasteiger partial charge on any atom is -0.478 e. The molecule has 0 unspecified atom stereocenters. The van der Waals surface area contributed by atoms with Crippen molar-refractivity contribution in [3.8, 4) is 22.3 Å². The highest BCUT2D eigenvalue weighted by molar-refractivity contribution is 7.80. The summed E-state index contributed by atoms with van der Waals surface area (Å²) in [6.07, 6.45) is 0. The molecule has 3 heteroatoms. The number of carbonyl (C=O) groups is 1.